The van der Waals surface area contributed by atoms with Crippen molar-refractivity contribution in [3.63, 3.8) is 0 Å². The molecule has 1 aromatic heterocycles. The van der Waals surface area contributed by atoms with E-state index in [9.17, 15) is 13.2 Å². The Balaban J connectivity index is 2.09. The van der Waals surface area contributed by atoms with Crippen LogP contribution in [0.2, 0.25) is 0 Å². The lowest BCUT2D eigenvalue weighted by atomic mass is 10.4. The monoisotopic (exact) mass is 193 g/mol. The summed E-state index contributed by atoms with van der Waals surface area (Å²) in [5, 5.41) is 2.63. The average Bonchev–Trinajstić information content (AvgIpc) is 2.48. The zero-order valence-electron chi connectivity index (χ0n) is 6.90. The molecule has 0 atom stereocenters. The predicted octanol–water partition coefficient (Wildman–Crippen LogP) is 2.32. The maximum Gasteiger partial charge on any atom is 0.390 e. The van der Waals surface area contributed by atoms with Crippen LogP contribution in [0, 0.1) is 0 Å². The van der Waals surface area contributed by atoms with Gasteiger partial charge in [-0.25, -0.2) is 0 Å². The molecule has 1 N–H and O–H groups in total. The van der Waals surface area contributed by atoms with Crippen LogP contribution >= 0.6 is 0 Å². The molecule has 1 rings (SSSR count). The van der Waals surface area contributed by atoms with Gasteiger partial charge in [0.15, 0.2) is 0 Å². The summed E-state index contributed by atoms with van der Waals surface area (Å²) in [6.07, 6.45) is -3.41. The van der Waals surface area contributed by atoms with E-state index in [2.05, 4.69) is 5.32 Å². The topological polar surface area (TPSA) is 25.2 Å². The summed E-state index contributed by atoms with van der Waals surface area (Å²) < 4.78 is 39.9. The third kappa shape index (κ3) is 4.57. The lowest BCUT2D eigenvalue weighted by Gasteiger charge is -2.05. The van der Waals surface area contributed by atoms with Crippen molar-refractivity contribution in [1.29, 1.82) is 0 Å². The Morgan fingerprint density at radius 3 is 2.69 bits per heavy atom. The van der Waals surface area contributed by atoms with E-state index in [0.717, 1.165) is 0 Å². The highest BCUT2D eigenvalue weighted by molar-refractivity contribution is 4.97. The molecule has 13 heavy (non-hydrogen) atoms. The molecule has 0 aromatic carbocycles. The van der Waals surface area contributed by atoms with Crippen LogP contribution in [-0.2, 0) is 6.54 Å². The number of alkyl halides is 3. The minimum absolute atomic E-state index is 0.0792. The first-order valence-electron chi connectivity index (χ1n) is 3.88. The fourth-order valence-corrected chi connectivity index (χ4v) is 0.855. The van der Waals surface area contributed by atoms with Crippen LogP contribution in [0.4, 0.5) is 13.2 Å². The molecule has 2 nitrogen and oxygen atoms in total. The third-order valence-electron chi connectivity index (χ3n) is 1.46. The summed E-state index contributed by atoms with van der Waals surface area (Å²) in [6, 6.07) is 3.40. The SMILES string of the molecule is FC(F)(F)CCNCc1ccco1. The summed E-state index contributed by atoms with van der Waals surface area (Å²) in [4.78, 5) is 0. The van der Waals surface area contributed by atoms with Gasteiger partial charge >= 0.3 is 6.18 Å². The minimum atomic E-state index is -4.09. The quantitative estimate of drug-likeness (QED) is 0.742. The molecule has 0 radical (unpaired) electrons. The van der Waals surface area contributed by atoms with Crippen molar-refractivity contribution < 1.29 is 17.6 Å². The molecule has 74 valence electrons. The number of nitrogens with one attached hydrogen (secondary N) is 1. The maximum atomic E-state index is 11.7. The Bertz CT molecular complexity index is 230. The summed E-state index contributed by atoms with van der Waals surface area (Å²) in [5.41, 5.74) is 0. The van der Waals surface area contributed by atoms with Crippen LogP contribution < -0.4 is 5.32 Å². The first-order chi connectivity index (χ1) is 6.08. The average molecular weight is 193 g/mol. The van der Waals surface area contributed by atoms with Crippen LogP contribution in [0.5, 0.6) is 0 Å². The molecule has 1 aromatic rings. The van der Waals surface area contributed by atoms with Crippen LogP contribution in [0.1, 0.15) is 12.2 Å². The van der Waals surface area contributed by atoms with Gasteiger partial charge in [0.1, 0.15) is 5.76 Å². The molecule has 1 heterocycles. The molecule has 0 fully saturated rings. The van der Waals surface area contributed by atoms with Crippen molar-refractivity contribution in [3.05, 3.63) is 24.2 Å². The van der Waals surface area contributed by atoms with Gasteiger partial charge in [0.2, 0.25) is 0 Å². The highest BCUT2D eigenvalue weighted by Crippen LogP contribution is 2.18. The van der Waals surface area contributed by atoms with Gasteiger partial charge in [-0.2, -0.15) is 13.2 Å². The molecule has 0 aliphatic heterocycles. The summed E-state index contributed by atoms with van der Waals surface area (Å²) in [6.45, 7) is 0.257. The Hall–Kier alpha value is -0.970. The van der Waals surface area contributed by atoms with E-state index in [1.807, 2.05) is 0 Å². The third-order valence-corrected chi connectivity index (χ3v) is 1.46. The molecule has 0 aliphatic rings. The molecule has 5 heteroatoms. The molecule has 0 spiro atoms. The van der Waals surface area contributed by atoms with Crippen LogP contribution in [0.25, 0.3) is 0 Å². The first-order valence-corrected chi connectivity index (χ1v) is 3.88. The molecule has 0 saturated carbocycles. The zero-order valence-corrected chi connectivity index (χ0v) is 6.90. The Morgan fingerprint density at radius 1 is 1.38 bits per heavy atom. The van der Waals surface area contributed by atoms with Gasteiger partial charge in [-0.05, 0) is 12.1 Å². The molecule has 0 unspecified atom stereocenters. The second-order valence-electron chi connectivity index (χ2n) is 2.62. The number of hydrogen-bond acceptors (Lipinski definition) is 2. The number of furan rings is 1. The number of hydrogen-bond donors (Lipinski definition) is 1. The zero-order chi connectivity index (χ0) is 9.73. The van der Waals surface area contributed by atoms with Gasteiger partial charge < -0.3 is 9.73 Å². The fraction of sp³-hybridized carbons (Fsp3) is 0.500. The Morgan fingerprint density at radius 2 is 2.15 bits per heavy atom. The second kappa shape index (κ2) is 4.32. The Labute approximate surface area is 73.7 Å². The Kier molecular flexibility index (Phi) is 3.36. The smallest absolute Gasteiger partial charge is 0.390 e. The normalized spacial score (nSPS) is 11.9. The summed E-state index contributed by atoms with van der Waals surface area (Å²) in [7, 11) is 0. The molecule has 0 bridgehead atoms. The minimum Gasteiger partial charge on any atom is -0.468 e. The van der Waals surface area contributed by atoms with E-state index in [1.165, 1.54) is 6.26 Å². The predicted molar refractivity (Wildman–Crippen MR) is 41.1 cm³/mol. The summed E-state index contributed by atoms with van der Waals surface area (Å²) in [5.74, 6) is 0.641. The number of halogens is 3. The van der Waals surface area contributed by atoms with Gasteiger partial charge in [-0.3, -0.25) is 0 Å². The van der Waals surface area contributed by atoms with Crippen molar-refractivity contribution in [2.24, 2.45) is 0 Å². The van der Waals surface area contributed by atoms with Crippen molar-refractivity contribution in [1.82, 2.24) is 5.32 Å². The van der Waals surface area contributed by atoms with Crippen molar-refractivity contribution in [2.45, 2.75) is 19.1 Å². The fourth-order valence-electron chi connectivity index (χ4n) is 0.855. The van der Waals surface area contributed by atoms with Gasteiger partial charge in [-0.15, -0.1) is 0 Å². The number of rotatable bonds is 4. The van der Waals surface area contributed by atoms with E-state index in [4.69, 9.17) is 4.42 Å². The van der Waals surface area contributed by atoms with Gasteiger partial charge in [0, 0.05) is 6.54 Å². The van der Waals surface area contributed by atoms with Crippen molar-refractivity contribution in [2.75, 3.05) is 6.54 Å². The highest BCUT2D eigenvalue weighted by Gasteiger charge is 2.25. The van der Waals surface area contributed by atoms with E-state index in [-0.39, 0.29) is 6.54 Å². The summed E-state index contributed by atoms with van der Waals surface area (Å²) >= 11 is 0. The van der Waals surface area contributed by atoms with E-state index in [1.54, 1.807) is 12.1 Å². The second-order valence-corrected chi connectivity index (χ2v) is 2.62. The largest absolute Gasteiger partial charge is 0.468 e. The molecular weight excluding hydrogens is 183 g/mol. The van der Waals surface area contributed by atoms with Gasteiger partial charge in [-0.1, -0.05) is 0 Å². The van der Waals surface area contributed by atoms with E-state index in [0.29, 0.717) is 12.3 Å². The van der Waals surface area contributed by atoms with Gasteiger partial charge in [0.05, 0.1) is 19.2 Å². The maximum absolute atomic E-state index is 11.7. The van der Waals surface area contributed by atoms with E-state index >= 15 is 0 Å². The lowest BCUT2D eigenvalue weighted by molar-refractivity contribution is -0.133. The van der Waals surface area contributed by atoms with Crippen LogP contribution in [0.15, 0.2) is 22.8 Å². The first kappa shape index (κ1) is 10.1. The molecular formula is C8H10F3NO. The molecule has 0 aliphatic carbocycles. The molecule has 0 saturated heterocycles. The van der Waals surface area contributed by atoms with Crippen molar-refractivity contribution >= 4 is 0 Å². The van der Waals surface area contributed by atoms with Crippen LogP contribution in [-0.4, -0.2) is 12.7 Å². The lowest BCUT2D eigenvalue weighted by Crippen LogP contribution is -2.21. The highest BCUT2D eigenvalue weighted by atomic mass is 19.4. The van der Waals surface area contributed by atoms with E-state index < -0.39 is 12.6 Å². The van der Waals surface area contributed by atoms with Gasteiger partial charge in [0.25, 0.3) is 0 Å². The standard InChI is InChI=1S/C8H10F3NO/c9-8(10,11)3-4-12-6-7-2-1-5-13-7/h1-2,5,12H,3-4,6H2. The van der Waals surface area contributed by atoms with Crippen LogP contribution in [0.3, 0.4) is 0 Å². The molecule has 0 amide bonds. The van der Waals surface area contributed by atoms with Crippen molar-refractivity contribution in [3.8, 4) is 0 Å².